The lowest BCUT2D eigenvalue weighted by molar-refractivity contribution is 0.303. The molecule has 0 aromatic heterocycles. The molecule has 152 valence electrons. The molecule has 1 saturated carbocycles. The van der Waals surface area contributed by atoms with Crippen LogP contribution in [0.15, 0.2) is 36.4 Å². The standard InChI is InChI=1S/C25H34F2Si/c1-4-5-6-7-18-8-10-19(11-9-18)20-12-14-21(15-13-20)22-16-17-23(28(2)3)25(27)24(22)26/h12-19,28H,4-11H2,1-3H3. The smallest absolute Gasteiger partial charge is 0.166 e. The molecule has 0 N–H and O–H groups in total. The van der Waals surface area contributed by atoms with Gasteiger partial charge in [0.2, 0.25) is 0 Å². The lowest BCUT2D eigenvalue weighted by Crippen LogP contribution is -2.27. The number of hydrogen-bond donors (Lipinski definition) is 0. The third kappa shape index (κ3) is 4.92. The van der Waals surface area contributed by atoms with Crippen molar-refractivity contribution in [2.75, 3.05) is 0 Å². The Labute approximate surface area is 171 Å². The summed E-state index contributed by atoms with van der Waals surface area (Å²) in [6.45, 7) is 6.30. The second kappa shape index (κ2) is 9.82. The molecule has 1 aliphatic carbocycles. The van der Waals surface area contributed by atoms with Gasteiger partial charge in [-0.25, -0.2) is 8.78 Å². The highest BCUT2D eigenvalue weighted by molar-refractivity contribution is 6.70. The van der Waals surface area contributed by atoms with Gasteiger partial charge in [-0.2, -0.15) is 0 Å². The summed E-state index contributed by atoms with van der Waals surface area (Å²) in [5, 5.41) is 0.577. The molecular weight excluding hydrogens is 366 g/mol. The van der Waals surface area contributed by atoms with Gasteiger partial charge in [0, 0.05) is 5.56 Å². The SMILES string of the molecule is CCCCCC1CCC(c2ccc(-c3ccc([SiH](C)C)c(F)c3F)cc2)CC1. The van der Waals surface area contributed by atoms with Gasteiger partial charge >= 0.3 is 0 Å². The first-order valence-electron chi connectivity index (χ1n) is 11.1. The average Bonchev–Trinajstić information content (AvgIpc) is 2.71. The zero-order valence-corrected chi connectivity index (χ0v) is 18.8. The summed E-state index contributed by atoms with van der Waals surface area (Å²) >= 11 is 0. The quantitative estimate of drug-likeness (QED) is 0.341. The molecular formula is C25H34F2Si. The van der Waals surface area contributed by atoms with E-state index in [1.165, 1.54) is 56.9 Å². The molecule has 1 aliphatic rings. The van der Waals surface area contributed by atoms with Crippen molar-refractivity contribution in [1.29, 1.82) is 0 Å². The van der Waals surface area contributed by atoms with Crippen molar-refractivity contribution in [3.8, 4) is 11.1 Å². The molecule has 0 heterocycles. The fourth-order valence-corrected chi connectivity index (χ4v) is 5.75. The first-order valence-corrected chi connectivity index (χ1v) is 14.0. The van der Waals surface area contributed by atoms with Crippen molar-refractivity contribution >= 4 is 14.0 Å². The maximum absolute atomic E-state index is 14.6. The van der Waals surface area contributed by atoms with E-state index in [1.54, 1.807) is 12.1 Å². The molecule has 0 aliphatic heterocycles. The summed E-state index contributed by atoms with van der Waals surface area (Å²) in [6, 6.07) is 11.7. The van der Waals surface area contributed by atoms with Gasteiger partial charge in [0.1, 0.15) is 0 Å². The van der Waals surface area contributed by atoms with Gasteiger partial charge in [-0.05, 0) is 53.8 Å². The van der Waals surface area contributed by atoms with Crippen LogP contribution in [0, 0.1) is 17.6 Å². The minimum Gasteiger partial charge on any atom is -0.204 e. The zero-order chi connectivity index (χ0) is 20.1. The normalized spacial score (nSPS) is 19.9. The van der Waals surface area contributed by atoms with Crippen LogP contribution in [-0.4, -0.2) is 8.80 Å². The Hall–Kier alpha value is -1.48. The number of unbranched alkanes of at least 4 members (excludes halogenated alkanes) is 2. The molecule has 0 nitrogen and oxygen atoms in total. The third-order valence-corrected chi connectivity index (χ3v) is 8.18. The highest BCUT2D eigenvalue weighted by atomic mass is 28.3. The van der Waals surface area contributed by atoms with E-state index in [9.17, 15) is 8.78 Å². The Morgan fingerprint density at radius 3 is 2.14 bits per heavy atom. The van der Waals surface area contributed by atoms with E-state index in [0.29, 0.717) is 16.7 Å². The van der Waals surface area contributed by atoms with Gasteiger partial charge in [0.25, 0.3) is 0 Å². The van der Waals surface area contributed by atoms with Crippen molar-refractivity contribution in [3.63, 3.8) is 0 Å². The number of rotatable bonds is 7. The van der Waals surface area contributed by atoms with Crippen LogP contribution in [0.1, 0.15) is 69.8 Å². The van der Waals surface area contributed by atoms with Crippen molar-refractivity contribution < 1.29 is 8.78 Å². The molecule has 2 aromatic carbocycles. The van der Waals surface area contributed by atoms with Crippen LogP contribution in [0.4, 0.5) is 8.78 Å². The predicted molar refractivity (Wildman–Crippen MR) is 119 cm³/mol. The highest BCUT2D eigenvalue weighted by Gasteiger charge is 2.22. The van der Waals surface area contributed by atoms with Crippen LogP contribution < -0.4 is 5.19 Å². The third-order valence-electron chi connectivity index (χ3n) is 6.49. The number of benzene rings is 2. The summed E-state index contributed by atoms with van der Waals surface area (Å²) in [4.78, 5) is 0. The molecule has 0 unspecified atom stereocenters. The molecule has 0 saturated heterocycles. The Morgan fingerprint density at radius 1 is 0.857 bits per heavy atom. The number of halogens is 2. The fourth-order valence-electron chi connectivity index (χ4n) is 4.64. The molecule has 0 bridgehead atoms. The highest BCUT2D eigenvalue weighted by Crippen LogP contribution is 2.38. The summed E-state index contributed by atoms with van der Waals surface area (Å²) in [7, 11) is -1.37. The van der Waals surface area contributed by atoms with E-state index in [1.807, 2.05) is 25.2 Å². The van der Waals surface area contributed by atoms with Gasteiger partial charge in [0.15, 0.2) is 11.6 Å². The molecule has 3 heteroatoms. The Balaban J connectivity index is 1.66. The molecule has 0 atom stereocenters. The topological polar surface area (TPSA) is 0 Å². The zero-order valence-electron chi connectivity index (χ0n) is 17.6. The van der Waals surface area contributed by atoms with Crippen LogP contribution in [0.25, 0.3) is 11.1 Å². The molecule has 3 rings (SSSR count). The minimum atomic E-state index is -1.37. The van der Waals surface area contributed by atoms with E-state index in [-0.39, 0.29) is 0 Å². The largest absolute Gasteiger partial charge is 0.204 e. The maximum Gasteiger partial charge on any atom is 0.166 e. The number of hydrogen-bond acceptors (Lipinski definition) is 0. The average molecular weight is 401 g/mol. The molecule has 0 amide bonds. The van der Waals surface area contributed by atoms with E-state index >= 15 is 0 Å². The Kier molecular flexibility index (Phi) is 7.45. The van der Waals surface area contributed by atoms with Gasteiger partial charge in [-0.1, -0.05) is 82.1 Å². The summed E-state index contributed by atoms with van der Waals surface area (Å²) < 4.78 is 29.0. The maximum atomic E-state index is 14.6. The molecule has 1 fully saturated rings. The Bertz CT molecular complexity index is 759. The first kappa shape index (κ1) is 21.2. The predicted octanol–water partition coefficient (Wildman–Crippen LogP) is 7.18. The van der Waals surface area contributed by atoms with Crippen LogP contribution >= 0.6 is 0 Å². The van der Waals surface area contributed by atoms with E-state index < -0.39 is 20.4 Å². The van der Waals surface area contributed by atoms with Crippen LogP contribution in [0.3, 0.4) is 0 Å². The molecule has 0 spiro atoms. The first-order chi connectivity index (χ1) is 13.5. The molecule has 28 heavy (non-hydrogen) atoms. The second-order valence-corrected chi connectivity index (χ2v) is 11.8. The van der Waals surface area contributed by atoms with E-state index in [4.69, 9.17) is 0 Å². The van der Waals surface area contributed by atoms with Crippen LogP contribution in [0.5, 0.6) is 0 Å². The van der Waals surface area contributed by atoms with Gasteiger partial charge < -0.3 is 0 Å². The fraction of sp³-hybridized carbons (Fsp3) is 0.520. The Morgan fingerprint density at radius 2 is 1.54 bits per heavy atom. The van der Waals surface area contributed by atoms with Crippen molar-refractivity contribution in [2.45, 2.75) is 77.3 Å². The van der Waals surface area contributed by atoms with E-state index in [2.05, 4.69) is 19.1 Å². The monoisotopic (exact) mass is 400 g/mol. The molecule has 2 aromatic rings. The summed E-state index contributed by atoms with van der Waals surface area (Å²) in [5.41, 5.74) is 2.50. The second-order valence-electron chi connectivity index (χ2n) is 8.82. The lowest BCUT2D eigenvalue weighted by Gasteiger charge is -2.29. The van der Waals surface area contributed by atoms with Gasteiger partial charge in [0.05, 0.1) is 8.80 Å². The molecule has 0 radical (unpaired) electrons. The van der Waals surface area contributed by atoms with Gasteiger partial charge in [-0.15, -0.1) is 0 Å². The lowest BCUT2D eigenvalue weighted by atomic mass is 9.77. The summed E-state index contributed by atoms with van der Waals surface area (Å²) in [5.74, 6) is 0.179. The van der Waals surface area contributed by atoms with Crippen LogP contribution in [0.2, 0.25) is 13.1 Å². The van der Waals surface area contributed by atoms with Crippen LogP contribution in [-0.2, 0) is 0 Å². The minimum absolute atomic E-state index is 0.377. The van der Waals surface area contributed by atoms with Crippen molar-refractivity contribution in [2.24, 2.45) is 5.92 Å². The van der Waals surface area contributed by atoms with E-state index in [0.717, 1.165) is 11.5 Å². The van der Waals surface area contributed by atoms with Crippen molar-refractivity contribution in [3.05, 3.63) is 53.6 Å². The van der Waals surface area contributed by atoms with Crippen molar-refractivity contribution in [1.82, 2.24) is 0 Å². The summed E-state index contributed by atoms with van der Waals surface area (Å²) in [6.07, 6.45) is 10.6. The van der Waals surface area contributed by atoms with Gasteiger partial charge in [-0.3, -0.25) is 0 Å².